The van der Waals surface area contributed by atoms with E-state index in [9.17, 15) is 4.79 Å². The summed E-state index contributed by atoms with van der Waals surface area (Å²) in [6, 6.07) is 7.28. The first-order chi connectivity index (χ1) is 12.1. The van der Waals surface area contributed by atoms with Gasteiger partial charge in [-0.25, -0.2) is 15.4 Å². The Bertz CT molecular complexity index is 858. The minimum atomic E-state index is -0.309. The van der Waals surface area contributed by atoms with Crippen LogP contribution in [0, 0.1) is 13.8 Å². The maximum absolute atomic E-state index is 12.4. The van der Waals surface area contributed by atoms with Crippen LogP contribution in [0.3, 0.4) is 0 Å². The number of benzene rings is 1. The molecule has 0 atom stereocenters. The van der Waals surface area contributed by atoms with E-state index in [1.165, 1.54) is 0 Å². The van der Waals surface area contributed by atoms with E-state index < -0.39 is 0 Å². The number of thiazole rings is 1. The molecule has 1 amide bonds. The molecule has 2 aromatic heterocycles. The molecular weight excluding hydrogens is 338 g/mol. The molecule has 0 aliphatic rings. The van der Waals surface area contributed by atoms with Crippen LogP contribution in [0.1, 0.15) is 32.4 Å². The molecule has 0 aliphatic heterocycles. The maximum Gasteiger partial charge on any atom is 0.276 e. The zero-order valence-corrected chi connectivity index (χ0v) is 14.8. The largest absolute Gasteiger partial charge is 0.379 e. The number of carbonyl (C=O) groups is 1. The summed E-state index contributed by atoms with van der Waals surface area (Å²) in [6.07, 6.45) is 1.65. The van der Waals surface area contributed by atoms with Gasteiger partial charge in [0.25, 0.3) is 5.91 Å². The van der Waals surface area contributed by atoms with Crippen LogP contribution in [0.5, 0.6) is 0 Å². The van der Waals surface area contributed by atoms with Crippen molar-refractivity contribution in [2.24, 2.45) is 0 Å². The second-order valence-corrected chi connectivity index (χ2v) is 6.51. The molecule has 0 aliphatic carbocycles. The molecule has 3 N–H and O–H groups in total. The predicted octanol–water partition coefficient (Wildman–Crippen LogP) is 2.96. The van der Waals surface area contributed by atoms with Crippen molar-refractivity contribution in [3.63, 3.8) is 0 Å². The second kappa shape index (κ2) is 7.91. The third-order valence-electron chi connectivity index (χ3n) is 3.61. The van der Waals surface area contributed by atoms with Gasteiger partial charge in [0.05, 0.1) is 40.5 Å². The van der Waals surface area contributed by atoms with E-state index in [1.807, 2.05) is 37.4 Å². The lowest BCUT2D eigenvalue weighted by Crippen LogP contribution is -2.24. The number of amides is 1. The fourth-order valence-electron chi connectivity index (χ4n) is 2.29. The van der Waals surface area contributed by atoms with Gasteiger partial charge in [-0.05, 0) is 26.0 Å². The zero-order chi connectivity index (χ0) is 17.6. The molecule has 1 aromatic carbocycles. The fourth-order valence-corrected chi connectivity index (χ4v) is 2.89. The van der Waals surface area contributed by atoms with Crippen molar-refractivity contribution in [3.05, 3.63) is 63.6 Å². The van der Waals surface area contributed by atoms with Crippen LogP contribution in [-0.4, -0.2) is 20.9 Å². The Kier molecular flexibility index (Phi) is 5.42. The molecule has 0 fully saturated rings. The lowest BCUT2D eigenvalue weighted by molar-refractivity contribution is 0.0224. The van der Waals surface area contributed by atoms with Gasteiger partial charge < -0.3 is 10.3 Å². The Morgan fingerprint density at radius 1 is 1.32 bits per heavy atom. The summed E-state index contributed by atoms with van der Waals surface area (Å²) < 4.78 is 0. The van der Waals surface area contributed by atoms with Gasteiger partial charge in [0.15, 0.2) is 0 Å². The number of para-hydroxylation sites is 1. The van der Waals surface area contributed by atoms with Gasteiger partial charge in [0.1, 0.15) is 6.61 Å². The lowest BCUT2D eigenvalue weighted by atomic mass is 10.1. The molecule has 25 heavy (non-hydrogen) atoms. The highest BCUT2D eigenvalue weighted by atomic mass is 32.1. The van der Waals surface area contributed by atoms with Crippen LogP contribution in [0.4, 0.5) is 5.69 Å². The van der Waals surface area contributed by atoms with Gasteiger partial charge in [-0.3, -0.25) is 9.63 Å². The van der Waals surface area contributed by atoms with Gasteiger partial charge in [0, 0.05) is 11.1 Å². The van der Waals surface area contributed by atoms with Gasteiger partial charge >= 0.3 is 0 Å². The third kappa shape index (κ3) is 4.43. The number of hydrogen-bond acceptors (Lipinski definition) is 6. The molecule has 7 nitrogen and oxygen atoms in total. The van der Waals surface area contributed by atoms with E-state index in [4.69, 9.17) is 4.84 Å². The molecule has 130 valence electrons. The molecular formula is C17H19N5O2S. The molecule has 3 aromatic rings. The molecule has 0 spiro atoms. The SMILES string of the molecule is Cc1nc(CONC(=O)c2ccccc2NCc2[nH]cnc2C)cs1. The number of anilines is 1. The predicted molar refractivity (Wildman–Crippen MR) is 96.2 cm³/mol. The van der Waals surface area contributed by atoms with Crippen molar-refractivity contribution < 1.29 is 9.63 Å². The van der Waals surface area contributed by atoms with E-state index in [0.717, 1.165) is 27.8 Å². The molecule has 2 heterocycles. The Labute approximate surface area is 149 Å². The van der Waals surface area contributed by atoms with Crippen molar-refractivity contribution in [1.82, 2.24) is 20.4 Å². The highest BCUT2D eigenvalue weighted by Crippen LogP contribution is 2.16. The summed E-state index contributed by atoms with van der Waals surface area (Å²) in [5.74, 6) is -0.309. The molecule has 0 radical (unpaired) electrons. The minimum absolute atomic E-state index is 0.235. The van der Waals surface area contributed by atoms with Crippen LogP contribution in [0.2, 0.25) is 0 Å². The molecule has 0 saturated heterocycles. The molecule has 0 saturated carbocycles. The van der Waals surface area contributed by atoms with Crippen LogP contribution in [0.25, 0.3) is 0 Å². The van der Waals surface area contributed by atoms with Crippen LogP contribution in [-0.2, 0) is 18.0 Å². The molecule has 0 bridgehead atoms. The van der Waals surface area contributed by atoms with Crippen LogP contribution >= 0.6 is 11.3 Å². The maximum atomic E-state index is 12.4. The first-order valence-corrected chi connectivity index (χ1v) is 8.66. The summed E-state index contributed by atoms with van der Waals surface area (Å²) in [5.41, 5.74) is 6.40. The Hall–Kier alpha value is -2.71. The molecule has 8 heteroatoms. The number of H-pyrrole nitrogens is 1. The number of aryl methyl sites for hydroxylation is 2. The monoisotopic (exact) mass is 357 g/mol. The summed E-state index contributed by atoms with van der Waals surface area (Å²) in [4.78, 5) is 29.2. The topological polar surface area (TPSA) is 91.9 Å². The number of imidazole rings is 1. The number of hydroxylamine groups is 1. The average Bonchev–Trinajstić information content (AvgIpc) is 3.21. The lowest BCUT2D eigenvalue weighted by Gasteiger charge is -2.11. The summed E-state index contributed by atoms with van der Waals surface area (Å²) in [6.45, 7) is 4.64. The average molecular weight is 357 g/mol. The summed E-state index contributed by atoms with van der Waals surface area (Å²) >= 11 is 1.55. The fraction of sp³-hybridized carbons (Fsp3) is 0.235. The van der Waals surface area contributed by atoms with Crippen LogP contribution in [0.15, 0.2) is 36.0 Å². The van der Waals surface area contributed by atoms with E-state index >= 15 is 0 Å². The van der Waals surface area contributed by atoms with Crippen molar-refractivity contribution in [3.8, 4) is 0 Å². The highest BCUT2D eigenvalue weighted by Gasteiger charge is 2.12. The van der Waals surface area contributed by atoms with Crippen LogP contribution < -0.4 is 10.8 Å². The minimum Gasteiger partial charge on any atom is -0.379 e. The van der Waals surface area contributed by atoms with E-state index in [-0.39, 0.29) is 12.5 Å². The number of nitrogens with one attached hydrogen (secondary N) is 3. The Morgan fingerprint density at radius 2 is 2.16 bits per heavy atom. The first-order valence-electron chi connectivity index (χ1n) is 7.78. The quantitative estimate of drug-likeness (QED) is 0.566. The second-order valence-electron chi connectivity index (χ2n) is 5.44. The van der Waals surface area contributed by atoms with Crippen molar-refractivity contribution in [1.29, 1.82) is 0 Å². The smallest absolute Gasteiger partial charge is 0.276 e. The number of aromatic nitrogens is 3. The van der Waals surface area contributed by atoms with E-state index in [0.29, 0.717) is 12.1 Å². The normalized spacial score (nSPS) is 10.6. The van der Waals surface area contributed by atoms with Crippen molar-refractivity contribution in [2.45, 2.75) is 27.0 Å². The molecule has 0 unspecified atom stereocenters. The number of aromatic amines is 1. The van der Waals surface area contributed by atoms with E-state index in [2.05, 4.69) is 25.7 Å². The summed E-state index contributed by atoms with van der Waals surface area (Å²) in [5, 5.41) is 6.12. The van der Waals surface area contributed by atoms with Crippen molar-refractivity contribution in [2.75, 3.05) is 5.32 Å². The van der Waals surface area contributed by atoms with Gasteiger partial charge in [-0.2, -0.15) is 0 Å². The van der Waals surface area contributed by atoms with Gasteiger partial charge in [-0.15, -0.1) is 11.3 Å². The molecule has 3 rings (SSSR count). The van der Waals surface area contributed by atoms with Gasteiger partial charge in [0.2, 0.25) is 0 Å². The third-order valence-corrected chi connectivity index (χ3v) is 4.43. The highest BCUT2D eigenvalue weighted by molar-refractivity contribution is 7.09. The van der Waals surface area contributed by atoms with Gasteiger partial charge in [-0.1, -0.05) is 12.1 Å². The van der Waals surface area contributed by atoms with Crippen molar-refractivity contribution >= 4 is 22.9 Å². The number of nitrogens with zero attached hydrogens (tertiary/aromatic N) is 2. The van der Waals surface area contributed by atoms with E-state index in [1.54, 1.807) is 23.7 Å². The summed E-state index contributed by atoms with van der Waals surface area (Å²) in [7, 11) is 0. The standard InChI is InChI=1S/C17H19N5O2S/c1-11-16(20-10-19-11)7-18-15-6-4-3-5-14(15)17(23)22-24-8-13-9-25-12(2)21-13/h3-6,9-10,18H,7-8H2,1-2H3,(H,19,20)(H,22,23). The number of hydrogen-bond donors (Lipinski definition) is 3. The zero-order valence-electron chi connectivity index (χ0n) is 14.0. The first kappa shape index (κ1) is 17.1. The Morgan fingerprint density at radius 3 is 2.88 bits per heavy atom. The number of rotatable bonds is 7. The Balaban J connectivity index is 1.59. The number of carbonyl (C=O) groups excluding carboxylic acids is 1.